The Morgan fingerprint density at radius 3 is 2.67 bits per heavy atom. The first-order chi connectivity index (χ1) is 8.68. The molecule has 0 atom stereocenters. The van der Waals surface area contributed by atoms with E-state index in [1.54, 1.807) is 18.2 Å². The number of Topliss-reactive ketones (excluding diaryl/α,β-unsaturated/α-hetero) is 1. The first kappa shape index (κ1) is 12.2. The molecule has 1 saturated carbocycles. The summed E-state index contributed by atoms with van der Waals surface area (Å²) in [5.74, 6) is 0.0207. The summed E-state index contributed by atoms with van der Waals surface area (Å²) >= 11 is 0. The first-order valence-electron chi connectivity index (χ1n) is 5.77. The number of nitro benzene ring substituents is 1. The number of carbonyl (C=O) groups is 1. The number of benzene rings is 1. The van der Waals surface area contributed by atoms with E-state index in [0.717, 1.165) is 12.8 Å². The van der Waals surface area contributed by atoms with Gasteiger partial charge in [-0.2, -0.15) is 5.10 Å². The average Bonchev–Trinajstić information content (AvgIpc) is 2.38. The van der Waals surface area contributed by atoms with Crippen LogP contribution in [0.4, 0.5) is 11.4 Å². The average molecular weight is 247 g/mol. The van der Waals surface area contributed by atoms with Gasteiger partial charge >= 0.3 is 0 Å². The smallest absolute Gasteiger partial charge is 0.293 e. The van der Waals surface area contributed by atoms with E-state index in [0.29, 0.717) is 24.2 Å². The number of hydrogen-bond acceptors (Lipinski definition) is 5. The zero-order valence-corrected chi connectivity index (χ0v) is 9.76. The van der Waals surface area contributed by atoms with Crippen molar-refractivity contribution in [2.45, 2.75) is 25.7 Å². The highest BCUT2D eigenvalue weighted by Gasteiger charge is 2.17. The molecule has 6 heteroatoms. The Morgan fingerprint density at radius 2 is 1.94 bits per heavy atom. The Hall–Kier alpha value is -2.24. The summed E-state index contributed by atoms with van der Waals surface area (Å²) in [5.41, 5.74) is 3.34. The number of rotatable bonds is 3. The van der Waals surface area contributed by atoms with E-state index < -0.39 is 4.92 Å². The van der Waals surface area contributed by atoms with Crippen LogP contribution in [0.3, 0.4) is 0 Å². The summed E-state index contributed by atoms with van der Waals surface area (Å²) in [5, 5.41) is 14.8. The molecule has 0 aliphatic heterocycles. The summed E-state index contributed by atoms with van der Waals surface area (Å²) in [6.45, 7) is 0. The SMILES string of the molecule is O=C1CCCCC1=NNc1ccccc1[N+](=O)[O-]. The zero-order valence-electron chi connectivity index (χ0n) is 9.76. The Labute approximate surface area is 104 Å². The molecular weight excluding hydrogens is 234 g/mol. The van der Waals surface area contributed by atoms with Gasteiger partial charge in [0.05, 0.1) is 4.92 Å². The molecule has 0 aromatic heterocycles. The number of nitrogens with zero attached hydrogens (tertiary/aromatic N) is 2. The van der Waals surface area contributed by atoms with Crippen LogP contribution in [0.25, 0.3) is 0 Å². The number of para-hydroxylation sites is 2. The van der Waals surface area contributed by atoms with E-state index in [-0.39, 0.29) is 11.5 Å². The van der Waals surface area contributed by atoms with Crippen LogP contribution in [0.15, 0.2) is 29.4 Å². The summed E-state index contributed by atoms with van der Waals surface area (Å²) < 4.78 is 0. The van der Waals surface area contributed by atoms with Gasteiger partial charge in [-0.15, -0.1) is 0 Å². The number of hydrogen-bond donors (Lipinski definition) is 1. The highest BCUT2D eigenvalue weighted by atomic mass is 16.6. The Kier molecular flexibility index (Phi) is 3.66. The zero-order chi connectivity index (χ0) is 13.0. The molecule has 1 aromatic carbocycles. The maximum Gasteiger partial charge on any atom is 0.294 e. The van der Waals surface area contributed by atoms with Crippen LogP contribution >= 0.6 is 0 Å². The lowest BCUT2D eigenvalue weighted by atomic mass is 9.97. The Morgan fingerprint density at radius 1 is 1.22 bits per heavy atom. The lowest BCUT2D eigenvalue weighted by Gasteiger charge is -2.11. The molecule has 0 unspecified atom stereocenters. The van der Waals surface area contributed by atoms with Gasteiger partial charge in [0.25, 0.3) is 5.69 Å². The standard InChI is InChI=1S/C12H13N3O3/c16-12-8-4-2-6-10(12)14-13-9-5-1-3-7-11(9)15(17)18/h1,3,5,7,13H,2,4,6,8H2. The second-order valence-corrected chi connectivity index (χ2v) is 4.07. The van der Waals surface area contributed by atoms with Crippen LogP contribution < -0.4 is 5.43 Å². The molecule has 94 valence electrons. The minimum atomic E-state index is -0.481. The van der Waals surface area contributed by atoms with Crippen molar-refractivity contribution >= 4 is 22.9 Å². The van der Waals surface area contributed by atoms with Crippen LogP contribution in [0.2, 0.25) is 0 Å². The van der Waals surface area contributed by atoms with Crippen LogP contribution in [-0.4, -0.2) is 16.4 Å². The first-order valence-corrected chi connectivity index (χ1v) is 5.77. The minimum absolute atomic E-state index is 0.0207. The summed E-state index contributed by atoms with van der Waals surface area (Å²) in [7, 11) is 0. The highest BCUT2D eigenvalue weighted by Crippen LogP contribution is 2.23. The van der Waals surface area contributed by atoms with Crippen molar-refractivity contribution in [2.24, 2.45) is 5.10 Å². The second-order valence-electron chi connectivity index (χ2n) is 4.07. The van der Waals surface area contributed by atoms with E-state index in [2.05, 4.69) is 10.5 Å². The van der Waals surface area contributed by atoms with E-state index in [4.69, 9.17) is 0 Å². The minimum Gasteiger partial charge on any atom is -0.293 e. The maximum atomic E-state index is 11.5. The van der Waals surface area contributed by atoms with Gasteiger partial charge in [-0.05, 0) is 25.3 Å². The van der Waals surface area contributed by atoms with Crippen LogP contribution in [-0.2, 0) is 4.79 Å². The number of nitro groups is 1. The molecule has 1 N–H and O–H groups in total. The van der Waals surface area contributed by atoms with Crippen molar-refractivity contribution in [1.29, 1.82) is 0 Å². The fourth-order valence-electron chi connectivity index (χ4n) is 1.84. The second kappa shape index (κ2) is 5.39. The molecular formula is C12H13N3O3. The third-order valence-corrected chi connectivity index (χ3v) is 2.80. The molecule has 0 amide bonds. The van der Waals surface area contributed by atoms with E-state index in [1.165, 1.54) is 6.07 Å². The monoisotopic (exact) mass is 247 g/mol. The van der Waals surface area contributed by atoms with Crippen LogP contribution in [0.1, 0.15) is 25.7 Å². The molecule has 0 bridgehead atoms. The summed E-state index contributed by atoms with van der Waals surface area (Å²) in [4.78, 5) is 21.8. The quantitative estimate of drug-likeness (QED) is 0.656. The van der Waals surface area contributed by atoms with Crippen LogP contribution in [0.5, 0.6) is 0 Å². The predicted octanol–water partition coefficient (Wildman–Crippen LogP) is 2.51. The van der Waals surface area contributed by atoms with Crippen molar-refractivity contribution < 1.29 is 9.72 Å². The van der Waals surface area contributed by atoms with Crippen molar-refractivity contribution in [2.75, 3.05) is 5.43 Å². The van der Waals surface area contributed by atoms with Gasteiger partial charge in [-0.1, -0.05) is 12.1 Å². The molecule has 0 radical (unpaired) electrons. The van der Waals surface area contributed by atoms with Gasteiger partial charge in [0.2, 0.25) is 0 Å². The molecule has 0 saturated heterocycles. The number of anilines is 1. The third kappa shape index (κ3) is 2.71. The van der Waals surface area contributed by atoms with Crippen molar-refractivity contribution in [1.82, 2.24) is 0 Å². The highest BCUT2D eigenvalue weighted by molar-refractivity contribution is 6.40. The van der Waals surface area contributed by atoms with E-state index in [9.17, 15) is 14.9 Å². The molecule has 1 aliphatic carbocycles. The number of ketones is 1. The lowest BCUT2D eigenvalue weighted by Crippen LogP contribution is -2.19. The number of carbonyl (C=O) groups excluding carboxylic acids is 1. The molecule has 1 fully saturated rings. The van der Waals surface area contributed by atoms with E-state index in [1.807, 2.05) is 0 Å². The normalized spacial score (nSPS) is 17.8. The number of hydrazone groups is 1. The maximum absolute atomic E-state index is 11.5. The van der Waals surface area contributed by atoms with Gasteiger partial charge in [0, 0.05) is 12.5 Å². The fraction of sp³-hybridized carbons (Fsp3) is 0.333. The van der Waals surface area contributed by atoms with Crippen molar-refractivity contribution in [3.8, 4) is 0 Å². The van der Waals surface area contributed by atoms with E-state index >= 15 is 0 Å². The molecule has 2 rings (SSSR count). The van der Waals surface area contributed by atoms with Gasteiger partial charge in [0.1, 0.15) is 11.4 Å². The largest absolute Gasteiger partial charge is 0.294 e. The fourth-order valence-corrected chi connectivity index (χ4v) is 1.84. The summed E-state index contributed by atoms with van der Waals surface area (Å²) in [6.07, 6.45) is 2.97. The Bertz CT molecular complexity index is 511. The molecule has 0 heterocycles. The molecule has 1 aliphatic rings. The van der Waals surface area contributed by atoms with Gasteiger partial charge < -0.3 is 0 Å². The van der Waals surface area contributed by atoms with Gasteiger partial charge in [0.15, 0.2) is 5.78 Å². The van der Waals surface area contributed by atoms with Crippen molar-refractivity contribution in [3.05, 3.63) is 34.4 Å². The predicted molar refractivity (Wildman–Crippen MR) is 67.6 cm³/mol. The Balaban J connectivity index is 2.17. The molecule has 18 heavy (non-hydrogen) atoms. The van der Waals surface area contributed by atoms with Gasteiger partial charge in [-0.3, -0.25) is 20.3 Å². The van der Waals surface area contributed by atoms with Crippen LogP contribution in [0, 0.1) is 10.1 Å². The van der Waals surface area contributed by atoms with Gasteiger partial charge in [-0.25, -0.2) is 0 Å². The summed E-state index contributed by atoms with van der Waals surface area (Å²) in [6, 6.07) is 6.22. The third-order valence-electron chi connectivity index (χ3n) is 2.80. The molecule has 1 aromatic rings. The molecule has 0 spiro atoms. The number of nitrogens with one attached hydrogen (secondary N) is 1. The topological polar surface area (TPSA) is 84.6 Å². The molecule has 6 nitrogen and oxygen atoms in total. The van der Waals surface area contributed by atoms with Crippen molar-refractivity contribution in [3.63, 3.8) is 0 Å². The lowest BCUT2D eigenvalue weighted by molar-refractivity contribution is -0.384.